The molecule has 2 unspecified atom stereocenters. The van der Waals surface area contributed by atoms with Gasteiger partial charge in [0.2, 0.25) is 6.33 Å². The van der Waals surface area contributed by atoms with Gasteiger partial charge >= 0.3 is 0 Å². The van der Waals surface area contributed by atoms with E-state index in [0.29, 0.717) is 6.04 Å². The summed E-state index contributed by atoms with van der Waals surface area (Å²) in [5, 5.41) is 0. The quantitative estimate of drug-likeness (QED) is 0.278. The van der Waals surface area contributed by atoms with E-state index in [1.807, 2.05) is 6.20 Å². The van der Waals surface area contributed by atoms with Gasteiger partial charge in [0, 0.05) is 0 Å². The monoisotopic (exact) mass is 321 g/mol. The predicted octanol–water partition coefficient (Wildman–Crippen LogP) is 6.59. The van der Waals surface area contributed by atoms with Crippen LogP contribution in [0.4, 0.5) is 0 Å². The van der Waals surface area contributed by atoms with E-state index in [0.717, 1.165) is 5.92 Å². The fourth-order valence-electron chi connectivity index (χ4n) is 3.40. The molecule has 2 nitrogen and oxygen atoms in total. The Labute approximate surface area is 145 Å². The molecular formula is C21H41N2+. The lowest BCUT2D eigenvalue weighted by Gasteiger charge is -2.16. The molecule has 0 aromatic carbocycles. The molecule has 0 spiro atoms. The van der Waals surface area contributed by atoms with E-state index in [-0.39, 0.29) is 0 Å². The Hall–Kier alpha value is -0.790. The molecule has 0 bridgehead atoms. The molecule has 0 saturated heterocycles. The summed E-state index contributed by atoms with van der Waals surface area (Å²) in [7, 11) is 0. The van der Waals surface area contributed by atoms with Crippen molar-refractivity contribution in [1.82, 2.24) is 4.98 Å². The molecule has 1 rings (SSSR count). The van der Waals surface area contributed by atoms with Crippen LogP contribution >= 0.6 is 0 Å². The maximum Gasteiger partial charge on any atom is 0.241 e. The van der Waals surface area contributed by atoms with Crippen LogP contribution in [-0.4, -0.2) is 4.98 Å². The third-order valence-corrected chi connectivity index (χ3v) is 5.37. The van der Waals surface area contributed by atoms with Crippen molar-refractivity contribution in [3.05, 3.63) is 18.7 Å². The van der Waals surface area contributed by atoms with Crippen LogP contribution in [0.25, 0.3) is 0 Å². The van der Waals surface area contributed by atoms with Crippen molar-refractivity contribution in [2.24, 2.45) is 5.92 Å². The smallest absolute Gasteiger partial charge is 0.241 e. The van der Waals surface area contributed by atoms with E-state index in [9.17, 15) is 0 Å². The standard InChI is InChI=1S/C21H40N2/c1-4-5-6-7-8-9-10-11-12-13-14-15-16-20(2)21(3)23-18-17-22-19-23/h17-21H,4-16H2,1-3H3/p+1. The lowest BCUT2D eigenvalue weighted by Crippen LogP contribution is -2.38. The van der Waals surface area contributed by atoms with Gasteiger partial charge in [-0.25, -0.2) is 4.57 Å². The topological polar surface area (TPSA) is 19.7 Å². The second kappa shape index (κ2) is 13.6. The molecule has 1 aromatic heterocycles. The summed E-state index contributed by atoms with van der Waals surface area (Å²) in [6.45, 7) is 7.02. The van der Waals surface area contributed by atoms with E-state index in [2.05, 4.69) is 42.8 Å². The highest BCUT2D eigenvalue weighted by atomic mass is 15.0. The molecule has 0 radical (unpaired) electrons. The molecule has 2 heteroatoms. The van der Waals surface area contributed by atoms with Crippen molar-refractivity contribution in [3.8, 4) is 0 Å². The molecule has 134 valence electrons. The van der Waals surface area contributed by atoms with Crippen LogP contribution in [0.2, 0.25) is 0 Å². The molecular weight excluding hydrogens is 280 g/mol. The third kappa shape index (κ3) is 9.84. The van der Waals surface area contributed by atoms with Gasteiger partial charge in [-0.05, 0) is 19.3 Å². The minimum Gasteiger partial charge on any atom is -0.250 e. The minimum atomic E-state index is 0.606. The van der Waals surface area contributed by atoms with E-state index in [1.165, 1.54) is 83.5 Å². The average molecular weight is 322 g/mol. The second-order valence-corrected chi connectivity index (χ2v) is 7.45. The Kier molecular flexibility index (Phi) is 12.0. The van der Waals surface area contributed by atoms with Crippen LogP contribution < -0.4 is 4.57 Å². The summed E-state index contributed by atoms with van der Waals surface area (Å²) < 4.78 is 2.30. The predicted molar refractivity (Wildman–Crippen MR) is 101 cm³/mol. The molecule has 0 fully saturated rings. The van der Waals surface area contributed by atoms with Crippen molar-refractivity contribution in [2.75, 3.05) is 0 Å². The van der Waals surface area contributed by atoms with Crippen LogP contribution in [0.3, 0.4) is 0 Å². The number of aromatic nitrogens is 2. The molecule has 2 atom stereocenters. The van der Waals surface area contributed by atoms with Crippen LogP contribution in [0.5, 0.6) is 0 Å². The maximum absolute atomic E-state index is 3.14. The highest BCUT2D eigenvalue weighted by Gasteiger charge is 2.17. The summed E-state index contributed by atoms with van der Waals surface area (Å²) >= 11 is 0. The molecule has 0 amide bonds. The normalized spacial score (nSPS) is 14.0. The van der Waals surface area contributed by atoms with E-state index >= 15 is 0 Å². The molecule has 1 aromatic rings. The lowest BCUT2D eigenvalue weighted by molar-refractivity contribution is -0.725. The molecule has 0 saturated carbocycles. The lowest BCUT2D eigenvalue weighted by atomic mass is 9.95. The summed E-state index contributed by atoms with van der Waals surface area (Å²) in [5.74, 6) is 0.763. The Morgan fingerprint density at radius 2 is 1.30 bits per heavy atom. The molecule has 1 N–H and O–H groups in total. The summed E-state index contributed by atoms with van der Waals surface area (Å²) in [5.41, 5.74) is 0. The van der Waals surface area contributed by atoms with Gasteiger partial charge in [0.1, 0.15) is 18.4 Å². The minimum absolute atomic E-state index is 0.606. The van der Waals surface area contributed by atoms with Gasteiger partial charge < -0.3 is 0 Å². The number of H-pyrrole nitrogens is 1. The van der Waals surface area contributed by atoms with E-state index < -0.39 is 0 Å². The Bertz CT molecular complexity index is 345. The van der Waals surface area contributed by atoms with Crippen molar-refractivity contribution in [1.29, 1.82) is 0 Å². The first-order valence-electron chi connectivity index (χ1n) is 10.3. The zero-order valence-corrected chi connectivity index (χ0v) is 16.0. The Morgan fingerprint density at radius 3 is 1.78 bits per heavy atom. The highest BCUT2D eigenvalue weighted by Crippen LogP contribution is 2.19. The first-order valence-corrected chi connectivity index (χ1v) is 10.3. The first kappa shape index (κ1) is 20.3. The largest absolute Gasteiger partial charge is 0.250 e. The van der Waals surface area contributed by atoms with Gasteiger partial charge in [0.05, 0.1) is 0 Å². The van der Waals surface area contributed by atoms with Crippen LogP contribution in [0.1, 0.15) is 110 Å². The zero-order valence-electron chi connectivity index (χ0n) is 16.0. The molecule has 1 heterocycles. The number of aromatic amines is 1. The summed E-state index contributed by atoms with van der Waals surface area (Å²) in [6.07, 6.45) is 24.8. The Morgan fingerprint density at radius 1 is 0.783 bits per heavy atom. The fourth-order valence-corrected chi connectivity index (χ4v) is 3.40. The van der Waals surface area contributed by atoms with Gasteiger partial charge in [-0.3, -0.25) is 4.98 Å². The van der Waals surface area contributed by atoms with Crippen molar-refractivity contribution in [3.63, 3.8) is 0 Å². The van der Waals surface area contributed by atoms with Gasteiger partial charge in [-0.15, -0.1) is 0 Å². The molecule has 0 aliphatic heterocycles. The third-order valence-electron chi connectivity index (χ3n) is 5.37. The van der Waals surface area contributed by atoms with Crippen molar-refractivity contribution >= 4 is 0 Å². The zero-order chi connectivity index (χ0) is 16.8. The second-order valence-electron chi connectivity index (χ2n) is 7.45. The molecule has 23 heavy (non-hydrogen) atoms. The number of hydrogen-bond donors (Lipinski definition) is 1. The number of hydrogen-bond acceptors (Lipinski definition) is 0. The van der Waals surface area contributed by atoms with Gasteiger partial charge in [-0.1, -0.05) is 90.9 Å². The maximum atomic E-state index is 3.14. The molecule has 0 aliphatic rings. The highest BCUT2D eigenvalue weighted by molar-refractivity contribution is 4.62. The van der Waals surface area contributed by atoms with Gasteiger partial charge in [-0.2, -0.15) is 0 Å². The average Bonchev–Trinajstić information content (AvgIpc) is 3.09. The SMILES string of the molecule is CCCCCCCCCCCCCCC(C)C(C)[n+]1cc[nH]c1. The number of imidazole rings is 1. The summed E-state index contributed by atoms with van der Waals surface area (Å²) in [4.78, 5) is 3.14. The van der Waals surface area contributed by atoms with Crippen LogP contribution in [0, 0.1) is 5.92 Å². The van der Waals surface area contributed by atoms with Crippen LogP contribution in [-0.2, 0) is 0 Å². The van der Waals surface area contributed by atoms with Crippen molar-refractivity contribution < 1.29 is 4.57 Å². The van der Waals surface area contributed by atoms with E-state index in [1.54, 1.807) is 0 Å². The van der Waals surface area contributed by atoms with E-state index in [4.69, 9.17) is 0 Å². The fraction of sp³-hybridized carbons (Fsp3) is 0.857. The number of rotatable bonds is 15. The summed E-state index contributed by atoms with van der Waals surface area (Å²) in [6, 6.07) is 0.606. The number of unbranched alkanes of at least 4 members (excludes halogenated alkanes) is 11. The van der Waals surface area contributed by atoms with Crippen molar-refractivity contribution in [2.45, 2.75) is 110 Å². The first-order chi connectivity index (χ1) is 11.3. The van der Waals surface area contributed by atoms with Gasteiger partial charge in [0.25, 0.3) is 0 Å². The Balaban J connectivity index is 1.86. The van der Waals surface area contributed by atoms with Crippen LogP contribution in [0.15, 0.2) is 18.7 Å². The number of nitrogens with zero attached hydrogens (tertiary/aromatic N) is 1. The molecule has 0 aliphatic carbocycles. The van der Waals surface area contributed by atoms with Gasteiger partial charge in [0.15, 0.2) is 0 Å². The number of nitrogens with one attached hydrogen (secondary N) is 1.